The van der Waals surface area contributed by atoms with Gasteiger partial charge in [-0.05, 0) is 32.1 Å². The minimum Gasteiger partial charge on any atom is -0.499 e. The van der Waals surface area contributed by atoms with Gasteiger partial charge in [0.25, 0.3) is 0 Å². The standard InChI is InChI=1S/C12H25NO2/c1-6-15-10(2)7-11(3,4)8-12(5,13)9-14/h6,10,14H,1,7-9,13H2,2-5H3. The zero-order chi connectivity index (χ0) is 12.1. The molecule has 15 heavy (non-hydrogen) atoms. The lowest BCUT2D eigenvalue weighted by atomic mass is 9.76. The Morgan fingerprint density at radius 2 is 2.00 bits per heavy atom. The lowest BCUT2D eigenvalue weighted by Crippen LogP contribution is -2.44. The molecule has 0 amide bonds. The molecule has 0 heterocycles. The molecular formula is C12H25NO2. The summed E-state index contributed by atoms with van der Waals surface area (Å²) in [5.74, 6) is 0. The average Bonchev–Trinajstić information content (AvgIpc) is 2.01. The second-order valence-electron chi connectivity index (χ2n) is 5.47. The van der Waals surface area contributed by atoms with Crippen LogP contribution in [-0.4, -0.2) is 23.4 Å². The van der Waals surface area contributed by atoms with Crippen LogP contribution in [0.2, 0.25) is 0 Å². The minimum absolute atomic E-state index is 0.00707. The third kappa shape index (κ3) is 6.52. The maximum atomic E-state index is 9.12. The van der Waals surface area contributed by atoms with Gasteiger partial charge < -0.3 is 15.6 Å². The first kappa shape index (κ1) is 14.5. The fraction of sp³-hybridized carbons (Fsp3) is 0.833. The van der Waals surface area contributed by atoms with Crippen molar-refractivity contribution >= 4 is 0 Å². The third-order valence-electron chi connectivity index (χ3n) is 2.41. The lowest BCUT2D eigenvalue weighted by Gasteiger charge is -2.35. The van der Waals surface area contributed by atoms with Gasteiger partial charge in [-0.25, -0.2) is 0 Å². The molecule has 3 N–H and O–H groups in total. The highest BCUT2D eigenvalue weighted by molar-refractivity contribution is 4.86. The van der Waals surface area contributed by atoms with Crippen LogP contribution >= 0.6 is 0 Å². The molecule has 90 valence electrons. The van der Waals surface area contributed by atoms with Crippen LogP contribution in [0.4, 0.5) is 0 Å². The van der Waals surface area contributed by atoms with Crippen LogP contribution in [0.5, 0.6) is 0 Å². The summed E-state index contributed by atoms with van der Waals surface area (Å²) in [6, 6.07) is 0. The van der Waals surface area contributed by atoms with Gasteiger partial charge >= 0.3 is 0 Å². The monoisotopic (exact) mass is 215 g/mol. The van der Waals surface area contributed by atoms with E-state index in [0.29, 0.717) is 0 Å². The van der Waals surface area contributed by atoms with Crippen LogP contribution in [0.3, 0.4) is 0 Å². The van der Waals surface area contributed by atoms with Crippen molar-refractivity contribution in [2.45, 2.75) is 52.2 Å². The number of nitrogens with two attached hydrogens (primary N) is 1. The summed E-state index contributed by atoms with van der Waals surface area (Å²) in [5, 5.41) is 9.12. The van der Waals surface area contributed by atoms with Crippen LogP contribution < -0.4 is 5.73 Å². The Morgan fingerprint density at radius 3 is 2.40 bits per heavy atom. The highest BCUT2D eigenvalue weighted by Gasteiger charge is 2.30. The zero-order valence-electron chi connectivity index (χ0n) is 10.4. The summed E-state index contributed by atoms with van der Waals surface area (Å²) >= 11 is 0. The van der Waals surface area contributed by atoms with Gasteiger partial charge in [0.2, 0.25) is 0 Å². The van der Waals surface area contributed by atoms with Crippen molar-refractivity contribution in [2.24, 2.45) is 11.1 Å². The zero-order valence-corrected chi connectivity index (χ0v) is 10.4. The molecule has 0 saturated heterocycles. The van der Waals surface area contributed by atoms with Crippen LogP contribution in [0.1, 0.15) is 40.5 Å². The van der Waals surface area contributed by atoms with Crippen molar-refractivity contribution in [3.05, 3.63) is 12.8 Å². The first-order chi connectivity index (χ1) is 6.72. The lowest BCUT2D eigenvalue weighted by molar-refractivity contribution is 0.0810. The molecule has 2 atom stereocenters. The number of ether oxygens (including phenoxy) is 1. The Balaban J connectivity index is 4.23. The average molecular weight is 215 g/mol. The van der Waals surface area contributed by atoms with Crippen LogP contribution in [0, 0.1) is 5.41 Å². The second kappa shape index (κ2) is 5.52. The van der Waals surface area contributed by atoms with E-state index in [1.54, 1.807) is 0 Å². The van der Waals surface area contributed by atoms with Crippen LogP contribution in [0.15, 0.2) is 12.8 Å². The normalized spacial score (nSPS) is 18.0. The van der Waals surface area contributed by atoms with Crippen molar-refractivity contribution < 1.29 is 9.84 Å². The smallest absolute Gasteiger partial charge is 0.0955 e. The molecule has 0 spiro atoms. The van der Waals surface area contributed by atoms with Gasteiger partial charge in [-0.15, -0.1) is 0 Å². The fourth-order valence-electron chi connectivity index (χ4n) is 2.21. The summed E-state index contributed by atoms with van der Waals surface area (Å²) < 4.78 is 5.29. The summed E-state index contributed by atoms with van der Waals surface area (Å²) in [6.07, 6.45) is 3.26. The summed E-state index contributed by atoms with van der Waals surface area (Å²) in [6.45, 7) is 11.7. The largest absolute Gasteiger partial charge is 0.499 e. The molecule has 3 nitrogen and oxygen atoms in total. The van der Waals surface area contributed by atoms with Gasteiger partial charge in [0.05, 0.1) is 19.0 Å². The highest BCUT2D eigenvalue weighted by atomic mass is 16.5. The number of aliphatic hydroxyl groups is 1. The Hall–Kier alpha value is -0.540. The molecule has 0 fully saturated rings. The van der Waals surface area contributed by atoms with E-state index in [4.69, 9.17) is 15.6 Å². The second-order valence-corrected chi connectivity index (χ2v) is 5.47. The van der Waals surface area contributed by atoms with Gasteiger partial charge in [0.1, 0.15) is 0 Å². The molecule has 0 radical (unpaired) electrons. The predicted molar refractivity (Wildman–Crippen MR) is 63.4 cm³/mol. The van der Waals surface area contributed by atoms with E-state index in [2.05, 4.69) is 20.4 Å². The predicted octanol–water partition coefficient (Wildman–Crippen LogP) is 2.05. The minimum atomic E-state index is -0.516. The first-order valence-electron chi connectivity index (χ1n) is 5.38. The topological polar surface area (TPSA) is 55.5 Å². The van der Waals surface area contributed by atoms with Crippen molar-refractivity contribution in [3.8, 4) is 0 Å². The van der Waals surface area contributed by atoms with E-state index < -0.39 is 5.54 Å². The molecule has 2 unspecified atom stereocenters. The van der Waals surface area contributed by atoms with E-state index in [9.17, 15) is 0 Å². The Morgan fingerprint density at radius 1 is 1.47 bits per heavy atom. The van der Waals surface area contributed by atoms with E-state index in [-0.39, 0.29) is 18.1 Å². The number of hydrogen-bond acceptors (Lipinski definition) is 3. The van der Waals surface area contributed by atoms with E-state index >= 15 is 0 Å². The van der Waals surface area contributed by atoms with Crippen LogP contribution in [-0.2, 0) is 4.74 Å². The first-order valence-corrected chi connectivity index (χ1v) is 5.38. The Kier molecular flexibility index (Phi) is 5.32. The third-order valence-corrected chi connectivity index (χ3v) is 2.41. The SMILES string of the molecule is C=COC(C)CC(C)(C)CC(C)(N)CO. The van der Waals surface area contributed by atoms with E-state index in [1.165, 1.54) is 6.26 Å². The molecule has 0 rings (SSSR count). The number of rotatable bonds is 7. The van der Waals surface area contributed by atoms with Crippen LogP contribution in [0.25, 0.3) is 0 Å². The summed E-state index contributed by atoms with van der Waals surface area (Å²) in [7, 11) is 0. The molecule has 0 bridgehead atoms. The van der Waals surface area contributed by atoms with Crippen molar-refractivity contribution in [1.29, 1.82) is 0 Å². The van der Waals surface area contributed by atoms with Crippen molar-refractivity contribution in [2.75, 3.05) is 6.61 Å². The maximum absolute atomic E-state index is 9.12. The molecule has 0 aromatic heterocycles. The molecule has 3 heteroatoms. The quantitative estimate of drug-likeness (QED) is 0.639. The molecule has 0 saturated carbocycles. The van der Waals surface area contributed by atoms with Gasteiger partial charge in [-0.2, -0.15) is 0 Å². The molecule has 0 aromatic carbocycles. The summed E-state index contributed by atoms with van der Waals surface area (Å²) in [5.41, 5.74) is 5.47. The van der Waals surface area contributed by atoms with Gasteiger partial charge in [-0.3, -0.25) is 0 Å². The van der Waals surface area contributed by atoms with Gasteiger partial charge in [0.15, 0.2) is 0 Å². The summed E-state index contributed by atoms with van der Waals surface area (Å²) in [4.78, 5) is 0. The highest BCUT2D eigenvalue weighted by Crippen LogP contribution is 2.32. The van der Waals surface area contributed by atoms with Gasteiger partial charge in [0, 0.05) is 5.54 Å². The Bertz CT molecular complexity index is 200. The van der Waals surface area contributed by atoms with Gasteiger partial charge in [-0.1, -0.05) is 20.4 Å². The molecule has 0 aliphatic heterocycles. The molecular weight excluding hydrogens is 190 g/mol. The Labute approximate surface area is 93.3 Å². The van der Waals surface area contributed by atoms with E-state index in [0.717, 1.165) is 12.8 Å². The maximum Gasteiger partial charge on any atom is 0.0955 e. The van der Waals surface area contributed by atoms with E-state index in [1.807, 2.05) is 13.8 Å². The molecule has 0 aliphatic carbocycles. The molecule has 0 aromatic rings. The van der Waals surface area contributed by atoms with Crippen molar-refractivity contribution in [3.63, 3.8) is 0 Å². The number of aliphatic hydroxyl groups excluding tert-OH is 1. The molecule has 0 aliphatic rings. The fourth-order valence-corrected chi connectivity index (χ4v) is 2.21. The number of hydrogen-bond donors (Lipinski definition) is 2. The van der Waals surface area contributed by atoms with Crippen molar-refractivity contribution in [1.82, 2.24) is 0 Å².